The number of guanidine groups is 1. The van der Waals surface area contributed by atoms with E-state index in [0.29, 0.717) is 6.54 Å². The van der Waals surface area contributed by atoms with Crippen molar-refractivity contribution < 1.29 is 14.2 Å². The molecule has 2 heterocycles. The summed E-state index contributed by atoms with van der Waals surface area (Å²) in [6.45, 7) is 4.81. The van der Waals surface area contributed by atoms with Gasteiger partial charge < -0.3 is 24.8 Å². The van der Waals surface area contributed by atoms with E-state index in [1.807, 2.05) is 24.3 Å². The minimum Gasteiger partial charge on any atom is -0.497 e. The molecule has 0 aromatic heterocycles. The van der Waals surface area contributed by atoms with E-state index in [2.05, 4.69) is 44.8 Å². The lowest BCUT2D eigenvalue weighted by molar-refractivity contribution is 0.0170. The zero-order chi connectivity index (χ0) is 21.5. The van der Waals surface area contributed by atoms with Gasteiger partial charge in [-0.1, -0.05) is 30.3 Å². The van der Waals surface area contributed by atoms with Crippen LogP contribution in [0, 0.1) is 0 Å². The van der Waals surface area contributed by atoms with E-state index in [9.17, 15) is 0 Å². The van der Waals surface area contributed by atoms with Crippen LogP contribution in [0.4, 0.5) is 0 Å². The quantitative estimate of drug-likeness (QED) is 0.313. The Kier molecular flexibility index (Phi) is 9.43. The Hall–Kier alpha value is -2.04. The summed E-state index contributed by atoms with van der Waals surface area (Å²) in [5.74, 6) is 2.64. The summed E-state index contributed by atoms with van der Waals surface area (Å²) < 4.78 is 16.9. The van der Waals surface area contributed by atoms with Crippen LogP contribution < -0.4 is 20.1 Å². The molecular weight excluding hydrogens is 519 g/mol. The number of benzene rings is 2. The molecule has 0 saturated carbocycles. The highest BCUT2D eigenvalue weighted by molar-refractivity contribution is 14.0. The molecule has 2 aromatic rings. The minimum atomic E-state index is 0. The molecule has 4 rings (SSSR count). The number of para-hydroxylation sites is 1. The first-order valence-corrected chi connectivity index (χ1v) is 10.9. The third kappa shape index (κ3) is 6.26. The van der Waals surface area contributed by atoms with E-state index in [0.717, 1.165) is 56.7 Å². The first-order valence-electron chi connectivity index (χ1n) is 10.9. The molecule has 0 aliphatic carbocycles. The standard InChI is InChI=1S/C24H32N4O3.HI/c1-25-24(26-16-21-15-19-5-3-4-6-23(19)31-21)27-17-22(28-11-13-30-14-12-28)18-7-9-20(29-2)10-8-18;/h3-10,21-22H,11-17H2,1-2H3,(H2,25,26,27);1H. The Bertz CT molecular complexity index is 847. The first kappa shape index (κ1) is 24.6. The second-order valence-corrected chi connectivity index (χ2v) is 7.82. The molecule has 0 spiro atoms. The molecule has 2 aliphatic heterocycles. The van der Waals surface area contributed by atoms with Crippen LogP contribution in [0.3, 0.4) is 0 Å². The third-order valence-corrected chi connectivity index (χ3v) is 5.88. The number of nitrogens with zero attached hydrogens (tertiary/aromatic N) is 2. The Labute approximate surface area is 207 Å². The number of fused-ring (bicyclic) bond motifs is 1. The van der Waals surface area contributed by atoms with Gasteiger partial charge in [-0.25, -0.2) is 0 Å². The summed E-state index contributed by atoms with van der Waals surface area (Å²) >= 11 is 0. The first-order chi connectivity index (χ1) is 15.3. The molecule has 0 bridgehead atoms. The summed E-state index contributed by atoms with van der Waals surface area (Å²) in [5, 5.41) is 6.93. The molecule has 0 amide bonds. The predicted molar refractivity (Wildman–Crippen MR) is 137 cm³/mol. The van der Waals surface area contributed by atoms with Crippen molar-refractivity contribution in [3.8, 4) is 11.5 Å². The molecular formula is C24H33IN4O3. The molecule has 8 heteroatoms. The van der Waals surface area contributed by atoms with E-state index in [4.69, 9.17) is 14.2 Å². The van der Waals surface area contributed by atoms with Crippen molar-refractivity contribution in [1.29, 1.82) is 0 Å². The lowest BCUT2D eigenvalue weighted by Gasteiger charge is -2.35. The summed E-state index contributed by atoms with van der Waals surface area (Å²) in [5.41, 5.74) is 2.52. The molecule has 1 fully saturated rings. The zero-order valence-electron chi connectivity index (χ0n) is 18.8. The molecule has 2 atom stereocenters. The third-order valence-electron chi connectivity index (χ3n) is 5.88. The smallest absolute Gasteiger partial charge is 0.191 e. The van der Waals surface area contributed by atoms with E-state index in [-0.39, 0.29) is 36.1 Å². The van der Waals surface area contributed by atoms with Crippen LogP contribution in [0.5, 0.6) is 11.5 Å². The summed E-state index contributed by atoms with van der Waals surface area (Å²) in [6.07, 6.45) is 1.04. The fraction of sp³-hybridized carbons (Fsp3) is 0.458. The maximum atomic E-state index is 6.03. The van der Waals surface area contributed by atoms with Gasteiger partial charge in [0.2, 0.25) is 0 Å². The number of rotatable bonds is 7. The Morgan fingerprint density at radius 3 is 2.56 bits per heavy atom. The van der Waals surface area contributed by atoms with Crippen molar-refractivity contribution in [2.75, 3.05) is 53.6 Å². The summed E-state index contributed by atoms with van der Waals surface area (Å²) in [7, 11) is 3.49. The van der Waals surface area contributed by atoms with Crippen LogP contribution in [-0.4, -0.2) is 70.5 Å². The predicted octanol–water partition coefficient (Wildman–Crippen LogP) is 2.86. The largest absolute Gasteiger partial charge is 0.497 e. The number of methoxy groups -OCH3 is 1. The number of halogens is 1. The number of hydrogen-bond donors (Lipinski definition) is 2. The van der Waals surface area contributed by atoms with Gasteiger partial charge in [0, 0.05) is 33.1 Å². The van der Waals surface area contributed by atoms with Crippen LogP contribution in [0.2, 0.25) is 0 Å². The highest BCUT2D eigenvalue weighted by Gasteiger charge is 2.24. The average molecular weight is 552 g/mol. The molecule has 2 aromatic carbocycles. The number of nitrogens with one attached hydrogen (secondary N) is 2. The van der Waals surface area contributed by atoms with Gasteiger partial charge in [0.15, 0.2) is 5.96 Å². The average Bonchev–Trinajstić information content (AvgIpc) is 3.25. The number of hydrogen-bond acceptors (Lipinski definition) is 5. The second kappa shape index (κ2) is 12.3. The molecule has 7 nitrogen and oxygen atoms in total. The van der Waals surface area contributed by atoms with E-state index < -0.39 is 0 Å². The van der Waals surface area contributed by atoms with Gasteiger partial charge in [-0.05, 0) is 29.3 Å². The van der Waals surface area contributed by atoms with Crippen LogP contribution in [0.15, 0.2) is 53.5 Å². The fourth-order valence-electron chi connectivity index (χ4n) is 4.17. The molecule has 2 aliphatic rings. The number of aliphatic imine (C=N–C) groups is 1. The van der Waals surface area contributed by atoms with Crippen molar-refractivity contribution in [3.63, 3.8) is 0 Å². The van der Waals surface area contributed by atoms with Gasteiger partial charge in [0.1, 0.15) is 17.6 Å². The molecule has 2 N–H and O–H groups in total. The van der Waals surface area contributed by atoms with Crippen molar-refractivity contribution in [1.82, 2.24) is 15.5 Å². The topological polar surface area (TPSA) is 67.4 Å². The summed E-state index contributed by atoms with van der Waals surface area (Å²) in [6, 6.07) is 16.8. The Morgan fingerprint density at radius 1 is 1.12 bits per heavy atom. The molecule has 0 radical (unpaired) electrons. The van der Waals surface area contributed by atoms with Crippen molar-refractivity contribution in [2.24, 2.45) is 4.99 Å². The molecule has 174 valence electrons. The van der Waals surface area contributed by atoms with Crippen molar-refractivity contribution >= 4 is 29.9 Å². The maximum Gasteiger partial charge on any atom is 0.191 e. The Morgan fingerprint density at radius 2 is 1.88 bits per heavy atom. The van der Waals surface area contributed by atoms with Gasteiger partial charge in [0.05, 0.1) is 32.9 Å². The molecule has 2 unspecified atom stereocenters. The normalized spacial score (nSPS) is 19.3. The van der Waals surface area contributed by atoms with Gasteiger partial charge in [-0.3, -0.25) is 9.89 Å². The number of ether oxygens (including phenoxy) is 3. The Balaban J connectivity index is 0.00000289. The van der Waals surface area contributed by atoms with E-state index in [1.165, 1.54) is 11.1 Å². The number of morpholine rings is 1. The summed E-state index contributed by atoms with van der Waals surface area (Å²) in [4.78, 5) is 6.87. The van der Waals surface area contributed by atoms with Crippen LogP contribution >= 0.6 is 24.0 Å². The van der Waals surface area contributed by atoms with Crippen molar-refractivity contribution in [2.45, 2.75) is 18.6 Å². The van der Waals surface area contributed by atoms with E-state index in [1.54, 1.807) is 14.2 Å². The van der Waals surface area contributed by atoms with Gasteiger partial charge in [0.25, 0.3) is 0 Å². The lowest BCUT2D eigenvalue weighted by atomic mass is 10.0. The van der Waals surface area contributed by atoms with Crippen LogP contribution in [0.1, 0.15) is 17.2 Å². The minimum absolute atomic E-state index is 0. The highest BCUT2D eigenvalue weighted by Crippen LogP contribution is 2.28. The van der Waals surface area contributed by atoms with Crippen LogP contribution in [0.25, 0.3) is 0 Å². The monoisotopic (exact) mass is 552 g/mol. The molecule has 32 heavy (non-hydrogen) atoms. The van der Waals surface area contributed by atoms with Gasteiger partial charge in [-0.15, -0.1) is 24.0 Å². The molecule has 1 saturated heterocycles. The van der Waals surface area contributed by atoms with Gasteiger partial charge >= 0.3 is 0 Å². The maximum absolute atomic E-state index is 6.03. The second-order valence-electron chi connectivity index (χ2n) is 7.82. The SMILES string of the molecule is CN=C(NCC1Cc2ccccc2O1)NCC(c1ccc(OC)cc1)N1CCOCC1.I. The van der Waals surface area contributed by atoms with Crippen molar-refractivity contribution in [3.05, 3.63) is 59.7 Å². The fourth-order valence-corrected chi connectivity index (χ4v) is 4.17. The highest BCUT2D eigenvalue weighted by atomic mass is 127. The zero-order valence-corrected chi connectivity index (χ0v) is 21.1. The van der Waals surface area contributed by atoms with Crippen LogP contribution in [-0.2, 0) is 11.2 Å². The van der Waals surface area contributed by atoms with E-state index >= 15 is 0 Å². The van der Waals surface area contributed by atoms with Gasteiger partial charge in [-0.2, -0.15) is 0 Å². The lowest BCUT2D eigenvalue weighted by Crippen LogP contribution is -2.47.